The monoisotopic (exact) mass is 300 g/mol. The van der Waals surface area contributed by atoms with Gasteiger partial charge in [0.1, 0.15) is 0 Å². The smallest absolute Gasteiger partial charge is 0.220 e. The van der Waals surface area contributed by atoms with Crippen molar-refractivity contribution in [2.45, 2.75) is 71.3 Å². The molecule has 0 aromatic carbocycles. The van der Waals surface area contributed by atoms with Gasteiger partial charge < -0.3 is 5.32 Å². The van der Waals surface area contributed by atoms with Crippen molar-refractivity contribution in [1.82, 2.24) is 10.3 Å². The fraction of sp³-hybridized carbons (Fsp3) is 0.579. The topological polar surface area (TPSA) is 42.0 Å². The molecule has 1 aromatic rings. The summed E-state index contributed by atoms with van der Waals surface area (Å²) in [5.74, 6) is 6.50. The van der Waals surface area contributed by atoms with E-state index in [2.05, 4.69) is 22.1 Å². The fourth-order valence-corrected chi connectivity index (χ4v) is 2.20. The second-order valence-electron chi connectivity index (χ2n) is 5.89. The van der Waals surface area contributed by atoms with E-state index in [4.69, 9.17) is 0 Å². The van der Waals surface area contributed by atoms with Gasteiger partial charge in [0.15, 0.2) is 0 Å². The molecule has 1 rings (SSSR count). The van der Waals surface area contributed by atoms with Crippen LogP contribution in [0.4, 0.5) is 0 Å². The molecule has 0 radical (unpaired) electrons. The second kappa shape index (κ2) is 11.8. The molecular weight excluding hydrogens is 272 g/mol. The highest BCUT2D eigenvalue weighted by Gasteiger charge is 2.02. The van der Waals surface area contributed by atoms with Gasteiger partial charge in [-0.3, -0.25) is 9.78 Å². The number of nitrogens with zero attached hydrogens (tertiary/aromatic N) is 1. The van der Waals surface area contributed by atoms with Gasteiger partial charge >= 0.3 is 0 Å². The predicted octanol–water partition coefficient (Wildman–Crippen LogP) is 4.08. The van der Waals surface area contributed by atoms with Crippen LogP contribution in [0.25, 0.3) is 0 Å². The summed E-state index contributed by atoms with van der Waals surface area (Å²) in [7, 11) is 0. The normalized spacial score (nSPS) is 10.1. The number of carbonyl (C=O) groups is 1. The van der Waals surface area contributed by atoms with E-state index in [-0.39, 0.29) is 11.9 Å². The number of unbranched alkanes of at least 4 members (excludes halogenated alkanes) is 6. The number of aromatic nitrogens is 1. The van der Waals surface area contributed by atoms with Crippen molar-refractivity contribution in [2.75, 3.05) is 0 Å². The highest BCUT2D eigenvalue weighted by molar-refractivity contribution is 5.76. The maximum Gasteiger partial charge on any atom is 0.220 e. The van der Waals surface area contributed by atoms with Gasteiger partial charge in [0.25, 0.3) is 0 Å². The number of pyridine rings is 1. The molecule has 1 amide bonds. The van der Waals surface area contributed by atoms with E-state index < -0.39 is 0 Å². The third-order valence-electron chi connectivity index (χ3n) is 3.30. The maximum atomic E-state index is 11.4. The van der Waals surface area contributed by atoms with Crippen LogP contribution in [-0.4, -0.2) is 16.9 Å². The van der Waals surface area contributed by atoms with Crippen molar-refractivity contribution < 1.29 is 4.79 Å². The molecule has 0 saturated carbocycles. The summed E-state index contributed by atoms with van der Waals surface area (Å²) >= 11 is 0. The van der Waals surface area contributed by atoms with Gasteiger partial charge in [0.05, 0.1) is 0 Å². The average molecular weight is 300 g/mol. The largest absolute Gasteiger partial charge is 0.354 e. The number of hydrogen-bond donors (Lipinski definition) is 1. The van der Waals surface area contributed by atoms with Crippen molar-refractivity contribution in [2.24, 2.45) is 0 Å². The summed E-state index contributed by atoms with van der Waals surface area (Å²) in [4.78, 5) is 15.5. The summed E-state index contributed by atoms with van der Waals surface area (Å²) in [5, 5.41) is 2.92. The summed E-state index contributed by atoms with van der Waals surface area (Å²) in [6, 6.07) is 4.14. The van der Waals surface area contributed by atoms with Crippen LogP contribution in [0.15, 0.2) is 24.5 Å². The van der Waals surface area contributed by atoms with Crippen LogP contribution >= 0.6 is 0 Å². The molecule has 3 nitrogen and oxygen atoms in total. The summed E-state index contributed by atoms with van der Waals surface area (Å²) in [6.45, 7) is 3.99. The maximum absolute atomic E-state index is 11.4. The molecule has 22 heavy (non-hydrogen) atoms. The van der Waals surface area contributed by atoms with Crippen LogP contribution in [0, 0.1) is 11.8 Å². The lowest BCUT2D eigenvalue weighted by atomic mass is 10.1. The molecule has 1 N–H and O–H groups in total. The third-order valence-corrected chi connectivity index (χ3v) is 3.30. The summed E-state index contributed by atoms with van der Waals surface area (Å²) < 4.78 is 0. The van der Waals surface area contributed by atoms with Gasteiger partial charge in [-0.25, -0.2) is 0 Å². The van der Waals surface area contributed by atoms with Gasteiger partial charge in [-0.2, -0.15) is 0 Å². The predicted molar refractivity (Wildman–Crippen MR) is 91.3 cm³/mol. The van der Waals surface area contributed by atoms with Crippen molar-refractivity contribution in [1.29, 1.82) is 0 Å². The van der Waals surface area contributed by atoms with Crippen molar-refractivity contribution in [3.63, 3.8) is 0 Å². The minimum atomic E-state index is 0.181. The Morgan fingerprint density at radius 1 is 1.18 bits per heavy atom. The lowest BCUT2D eigenvalue weighted by molar-refractivity contribution is -0.121. The first-order valence-electron chi connectivity index (χ1n) is 8.37. The Morgan fingerprint density at radius 2 is 1.91 bits per heavy atom. The van der Waals surface area contributed by atoms with Crippen LogP contribution in [0.5, 0.6) is 0 Å². The van der Waals surface area contributed by atoms with Crippen molar-refractivity contribution >= 4 is 5.91 Å². The zero-order chi connectivity index (χ0) is 16.0. The minimum Gasteiger partial charge on any atom is -0.354 e. The number of carbonyl (C=O) groups excluding carboxylic acids is 1. The Hall–Kier alpha value is -1.82. The number of amides is 1. The molecule has 0 aliphatic rings. The lowest BCUT2D eigenvalue weighted by Gasteiger charge is -2.07. The second-order valence-corrected chi connectivity index (χ2v) is 5.89. The Morgan fingerprint density at radius 3 is 2.59 bits per heavy atom. The molecule has 0 unspecified atom stereocenters. The first-order valence-corrected chi connectivity index (χ1v) is 8.37. The minimum absolute atomic E-state index is 0.181. The Labute approximate surface area is 134 Å². The molecule has 0 aliphatic heterocycles. The SMILES string of the molecule is CC(C)NC(=O)CCCCCCCCC#Cc1cccnc1. The van der Waals surface area contributed by atoms with Gasteiger partial charge in [-0.1, -0.05) is 37.5 Å². The van der Waals surface area contributed by atoms with Crippen LogP contribution in [0.1, 0.15) is 70.8 Å². The standard InChI is InChI=1S/C19H28N2O/c1-17(2)21-19(22)14-10-8-6-4-3-5-7-9-12-18-13-11-15-20-16-18/h11,13,15-17H,3-8,10,14H2,1-2H3,(H,21,22). The molecule has 3 heteroatoms. The molecule has 0 atom stereocenters. The molecule has 0 saturated heterocycles. The van der Waals surface area contributed by atoms with Gasteiger partial charge in [0.2, 0.25) is 5.91 Å². The molecular formula is C19H28N2O. The Kier molecular flexibility index (Phi) is 9.78. The lowest BCUT2D eigenvalue weighted by Crippen LogP contribution is -2.29. The van der Waals surface area contributed by atoms with E-state index >= 15 is 0 Å². The van der Waals surface area contributed by atoms with E-state index in [0.717, 1.165) is 31.2 Å². The molecule has 0 fully saturated rings. The molecule has 0 spiro atoms. The summed E-state index contributed by atoms with van der Waals surface area (Å²) in [5.41, 5.74) is 0.988. The molecule has 0 aliphatic carbocycles. The summed E-state index contributed by atoms with van der Waals surface area (Å²) in [6.07, 6.45) is 12.1. The molecule has 1 heterocycles. The van der Waals surface area contributed by atoms with Crippen molar-refractivity contribution in [3.05, 3.63) is 30.1 Å². The van der Waals surface area contributed by atoms with Crippen LogP contribution < -0.4 is 5.32 Å². The van der Waals surface area contributed by atoms with Gasteiger partial charge in [-0.05, 0) is 38.8 Å². The van der Waals surface area contributed by atoms with E-state index in [1.54, 1.807) is 12.4 Å². The van der Waals surface area contributed by atoms with E-state index in [0.29, 0.717) is 6.42 Å². The quantitative estimate of drug-likeness (QED) is 0.551. The van der Waals surface area contributed by atoms with Crippen molar-refractivity contribution in [3.8, 4) is 11.8 Å². The first kappa shape index (κ1) is 18.2. The number of hydrogen-bond acceptors (Lipinski definition) is 2. The van der Waals surface area contributed by atoms with Crippen LogP contribution in [0.2, 0.25) is 0 Å². The highest BCUT2D eigenvalue weighted by Crippen LogP contribution is 2.08. The first-order chi connectivity index (χ1) is 10.7. The highest BCUT2D eigenvalue weighted by atomic mass is 16.1. The van der Waals surface area contributed by atoms with Crippen LogP contribution in [-0.2, 0) is 4.79 Å². The van der Waals surface area contributed by atoms with Gasteiger partial charge in [0, 0.05) is 36.8 Å². The number of rotatable bonds is 9. The molecule has 120 valence electrons. The third kappa shape index (κ3) is 9.99. The fourth-order valence-electron chi connectivity index (χ4n) is 2.20. The number of nitrogens with one attached hydrogen (secondary N) is 1. The molecule has 1 aromatic heterocycles. The Balaban J connectivity index is 1.92. The van der Waals surface area contributed by atoms with E-state index in [1.165, 1.54) is 19.3 Å². The van der Waals surface area contributed by atoms with Crippen LogP contribution in [0.3, 0.4) is 0 Å². The zero-order valence-electron chi connectivity index (χ0n) is 13.9. The van der Waals surface area contributed by atoms with E-state index in [9.17, 15) is 4.79 Å². The zero-order valence-corrected chi connectivity index (χ0v) is 13.9. The average Bonchev–Trinajstić information content (AvgIpc) is 2.49. The van der Waals surface area contributed by atoms with Gasteiger partial charge in [-0.15, -0.1) is 0 Å². The van der Waals surface area contributed by atoms with E-state index in [1.807, 2.05) is 26.0 Å². The molecule has 0 bridgehead atoms. The Bertz CT molecular complexity index is 471.